The Morgan fingerprint density at radius 3 is 2.71 bits per heavy atom. The second-order valence-corrected chi connectivity index (χ2v) is 7.18. The van der Waals surface area contributed by atoms with Gasteiger partial charge < -0.3 is 0 Å². The number of hydrogen-bond donors (Lipinski definition) is 0. The van der Waals surface area contributed by atoms with Crippen molar-refractivity contribution in [3.8, 4) is 6.07 Å². The molecule has 1 heterocycles. The number of benzene rings is 1. The predicted octanol–water partition coefficient (Wildman–Crippen LogP) is 4.35. The van der Waals surface area contributed by atoms with Crippen molar-refractivity contribution in [3.63, 3.8) is 0 Å². The van der Waals surface area contributed by atoms with Crippen LogP contribution in [0.2, 0.25) is 0 Å². The van der Waals surface area contributed by atoms with Crippen LogP contribution in [0, 0.1) is 28.5 Å². The van der Waals surface area contributed by atoms with Crippen molar-refractivity contribution in [2.75, 3.05) is 13.1 Å². The van der Waals surface area contributed by atoms with Crippen LogP contribution < -0.4 is 0 Å². The lowest BCUT2D eigenvalue weighted by atomic mass is 9.77. The van der Waals surface area contributed by atoms with Gasteiger partial charge in [0, 0.05) is 6.54 Å². The molecule has 0 saturated carbocycles. The fourth-order valence-electron chi connectivity index (χ4n) is 3.22. The van der Waals surface area contributed by atoms with Crippen LogP contribution in [0.4, 0.5) is 4.39 Å². The van der Waals surface area contributed by atoms with Crippen LogP contribution in [0.5, 0.6) is 0 Å². The van der Waals surface area contributed by atoms with Crippen LogP contribution >= 0.6 is 0 Å². The fourth-order valence-corrected chi connectivity index (χ4v) is 3.22. The lowest BCUT2D eigenvalue weighted by Crippen LogP contribution is -2.26. The number of hydrogen-bond acceptors (Lipinski definition) is 2. The molecule has 2 rings (SSSR count). The molecule has 1 aliphatic rings. The van der Waals surface area contributed by atoms with Gasteiger partial charge in [-0.1, -0.05) is 20.8 Å². The molecule has 0 aliphatic carbocycles. The minimum absolute atomic E-state index is 0.258. The van der Waals surface area contributed by atoms with Gasteiger partial charge in [-0.15, -0.1) is 0 Å². The second kappa shape index (κ2) is 6.58. The monoisotopic (exact) mass is 288 g/mol. The molecule has 1 aromatic rings. The molecular weight excluding hydrogens is 263 g/mol. The Balaban J connectivity index is 2.05. The molecule has 2 nitrogen and oxygen atoms in total. The van der Waals surface area contributed by atoms with Crippen LogP contribution in [0.15, 0.2) is 18.2 Å². The fraction of sp³-hybridized carbons (Fsp3) is 0.611. The zero-order valence-electron chi connectivity index (χ0n) is 13.3. The molecule has 0 aromatic heterocycles. The lowest BCUT2D eigenvalue weighted by molar-refractivity contribution is 0.206. The van der Waals surface area contributed by atoms with E-state index in [1.54, 1.807) is 6.07 Å². The van der Waals surface area contributed by atoms with Gasteiger partial charge in [0.15, 0.2) is 0 Å². The maximum absolute atomic E-state index is 13.4. The van der Waals surface area contributed by atoms with Gasteiger partial charge in [-0.2, -0.15) is 5.26 Å². The van der Waals surface area contributed by atoms with E-state index in [2.05, 4.69) is 31.7 Å². The zero-order chi connectivity index (χ0) is 15.5. The molecule has 1 aliphatic heterocycles. The van der Waals surface area contributed by atoms with E-state index >= 15 is 0 Å². The van der Waals surface area contributed by atoms with Crippen molar-refractivity contribution < 1.29 is 4.39 Å². The highest BCUT2D eigenvalue weighted by Crippen LogP contribution is 2.34. The van der Waals surface area contributed by atoms with E-state index in [0.717, 1.165) is 24.6 Å². The van der Waals surface area contributed by atoms with Gasteiger partial charge in [-0.3, -0.25) is 4.90 Å². The molecule has 0 radical (unpaired) electrons. The Morgan fingerprint density at radius 2 is 2.05 bits per heavy atom. The highest BCUT2D eigenvalue weighted by molar-refractivity contribution is 5.37. The van der Waals surface area contributed by atoms with Gasteiger partial charge in [-0.05, 0) is 67.4 Å². The highest BCUT2D eigenvalue weighted by Gasteiger charge is 2.27. The van der Waals surface area contributed by atoms with Crippen molar-refractivity contribution in [2.24, 2.45) is 11.3 Å². The average molecular weight is 288 g/mol. The quantitative estimate of drug-likeness (QED) is 0.809. The van der Waals surface area contributed by atoms with Crippen LogP contribution in [-0.2, 0) is 6.54 Å². The minimum Gasteiger partial charge on any atom is -0.299 e. The SMILES string of the molecule is CC(C)(C)C1CCCN(Cc2cc(F)ccc2C#N)CC1. The summed E-state index contributed by atoms with van der Waals surface area (Å²) in [6.07, 6.45) is 3.62. The largest absolute Gasteiger partial charge is 0.299 e. The summed E-state index contributed by atoms with van der Waals surface area (Å²) in [4.78, 5) is 2.36. The van der Waals surface area contributed by atoms with Gasteiger partial charge >= 0.3 is 0 Å². The third kappa shape index (κ3) is 4.28. The molecule has 1 aromatic carbocycles. The van der Waals surface area contributed by atoms with E-state index in [0.29, 0.717) is 17.5 Å². The standard InChI is InChI=1S/C18H25FN2/c1-18(2,3)16-5-4-9-21(10-8-16)13-15-11-17(19)7-6-14(15)12-20/h6-7,11,16H,4-5,8-10,13H2,1-3H3. The molecule has 0 spiro atoms. The summed E-state index contributed by atoms with van der Waals surface area (Å²) in [7, 11) is 0. The summed E-state index contributed by atoms with van der Waals surface area (Å²) in [5.41, 5.74) is 1.76. The van der Waals surface area contributed by atoms with Crippen LogP contribution in [0.25, 0.3) is 0 Å². The number of nitrogens with zero attached hydrogens (tertiary/aromatic N) is 2. The first-order valence-electron chi connectivity index (χ1n) is 7.81. The molecule has 1 atom stereocenters. The van der Waals surface area contributed by atoms with Gasteiger partial charge in [0.25, 0.3) is 0 Å². The molecule has 1 fully saturated rings. The number of likely N-dealkylation sites (tertiary alicyclic amines) is 1. The second-order valence-electron chi connectivity index (χ2n) is 7.18. The summed E-state index contributed by atoms with van der Waals surface area (Å²) in [5, 5.41) is 9.15. The average Bonchev–Trinajstić information content (AvgIpc) is 2.64. The zero-order valence-corrected chi connectivity index (χ0v) is 13.3. The van der Waals surface area contributed by atoms with Gasteiger partial charge in [0.05, 0.1) is 11.6 Å². The Bertz CT molecular complexity index is 525. The minimum atomic E-state index is -0.258. The van der Waals surface area contributed by atoms with E-state index in [-0.39, 0.29) is 5.82 Å². The Kier molecular flexibility index (Phi) is 5.00. The molecule has 1 unspecified atom stereocenters. The van der Waals surface area contributed by atoms with Crippen LogP contribution in [0.3, 0.4) is 0 Å². The third-order valence-electron chi connectivity index (χ3n) is 4.63. The normalized spacial score (nSPS) is 20.8. The van der Waals surface area contributed by atoms with Gasteiger partial charge in [-0.25, -0.2) is 4.39 Å². The van der Waals surface area contributed by atoms with E-state index < -0.39 is 0 Å². The number of nitriles is 1. The van der Waals surface area contributed by atoms with Gasteiger partial charge in [0.1, 0.15) is 5.82 Å². The summed E-state index contributed by atoms with van der Waals surface area (Å²) >= 11 is 0. The maximum atomic E-state index is 13.4. The summed E-state index contributed by atoms with van der Waals surface area (Å²) in [6, 6.07) is 6.62. The first-order valence-corrected chi connectivity index (χ1v) is 7.81. The first kappa shape index (κ1) is 16.0. The topological polar surface area (TPSA) is 27.0 Å². The molecule has 0 amide bonds. The van der Waals surface area contributed by atoms with Crippen LogP contribution in [0.1, 0.15) is 51.2 Å². The Labute approximate surface area is 127 Å². The summed E-state index contributed by atoms with van der Waals surface area (Å²) in [5.74, 6) is 0.483. The molecule has 0 bridgehead atoms. The van der Waals surface area contributed by atoms with Crippen molar-refractivity contribution in [2.45, 2.75) is 46.6 Å². The van der Waals surface area contributed by atoms with Gasteiger partial charge in [0.2, 0.25) is 0 Å². The molecule has 1 saturated heterocycles. The third-order valence-corrected chi connectivity index (χ3v) is 4.63. The van der Waals surface area contributed by atoms with Crippen molar-refractivity contribution in [1.29, 1.82) is 5.26 Å². The molecule has 114 valence electrons. The van der Waals surface area contributed by atoms with E-state index in [9.17, 15) is 4.39 Å². The molecule has 3 heteroatoms. The van der Waals surface area contributed by atoms with Crippen LogP contribution in [-0.4, -0.2) is 18.0 Å². The van der Waals surface area contributed by atoms with Crippen molar-refractivity contribution >= 4 is 0 Å². The van der Waals surface area contributed by atoms with Crippen molar-refractivity contribution in [3.05, 3.63) is 35.1 Å². The van der Waals surface area contributed by atoms with E-state index in [4.69, 9.17) is 5.26 Å². The highest BCUT2D eigenvalue weighted by atomic mass is 19.1. The van der Waals surface area contributed by atoms with E-state index in [1.807, 2.05) is 0 Å². The number of halogens is 1. The molecular formula is C18H25FN2. The van der Waals surface area contributed by atoms with Crippen molar-refractivity contribution in [1.82, 2.24) is 4.90 Å². The summed E-state index contributed by atoms with van der Waals surface area (Å²) in [6.45, 7) is 9.68. The first-order chi connectivity index (χ1) is 9.90. The predicted molar refractivity (Wildman–Crippen MR) is 83.2 cm³/mol. The molecule has 21 heavy (non-hydrogen) atoms. The lowest BCUT2D eigenvalue weighted by Gasteiger charge is -2.29. The van der Waals surface area contributed by atoms with E-state index in [1.165, 1.54) is 31.4 Å². The Hall–Kier alpha value is -1.40. The molecule has 0 N–H and O–H groups in total. The Morgan fingerprint density at radius 1 is 1.29 bits per heavy atom. The number of rotatable bonds is 2. The smallest absolute Gasteiger partial charge is 0.123 e. The maximum Gasteiger partial charge on any atom is 0.123 e. The summed E-state index contributed by atoms with van der Waals surface area (Å²) < 4.78 is 13.4.